The van der Waals surface area contributed by atoms with E-state index in [1.54, 1.807) is 6.20 Å². The minimum absolute atomic E-state index is 0.215. The largest absolute Gasteiger partial charge is 0.481 e. The molecule has 212 valence electrons. The monoisotopic (exact) mass is 545 g/mol. The molecule has 2 atom stereocenters. The highest BCUT2D eigenvalue weighted by molar-refractivity contribution is 5.88. The first-order chi connectivity index (χ1) is 19.5. The number of hydrogen-bond acceptors (Lipinski definition) is 6. The summed E-state index contributed by atoms with van der Waals surface area (Å²) >= 11 is 0. The fraction of sp³-hybridized carbons (Fsp3) is 0.355. The third-order valence-corrected chi connectivity index (χ3v) is 6.52. The number of nitrogens with one attached hydrogen (secondary N) is 3. The summed E-state index contributed by atoms with van der Waals surface area (Å²) in [5.74, 6) is -0.858. The van der Waals surface area contributed by atoms with Gasteiger partial charge in [-0.15, -0.1) is 0 Å². The summed E-state index contributed by atoms with van der Waals surface area (Å²) in [6.45, 7) is 1.17. The van der Waals surface area contributed by atoms with Crippen LogP contribution in [0.2, 0.25) is 0 Å². The van der Waals surface area contributed by atoms with Gasteiger partial charge in [-0.1, -0.05) is 60.7 Å². The molecular formula is C31H39N5O4. The Bertz CT molecular complexity index is 1190. The van der Waals surface area contributed by atoms with Crippen LogP contribution in [0.4, 0.5) is 5.82 Å². The summed E-state index contributed by atoms with van der Waals surface area (Å²) in [6.07, 6.45) is 4.95. The van der Waals surface area contributed by atoms with Gasteiger partial charge in [-0.2, -0.15) is 0 Å². The third kappa shape index (κ3) is 10.5. The average molecular weight is 546 g/mol. The molecule has 0 spiro atoms. The van der Waals surface area contributed by atoms with E-state index in [9.17, 15) is 19.5 Å². The van der Waals surface area contributed by atoms with Gasteiger partial charge >= 0.3 is 5.97 Å². The Hall–Kier alpha value is -4.24. The lowest BCUT2D eigenvalue weighted by molar-refractivity contribution is -0.138. The number of carbonyl (C=O) groups excluding carboxylic acids is 2. The van der Waals surface area contributed by atoms with Crippen LogP contribution in [0.15, 0.2) is 79.0 Å². The maximum absolute atomic E-state index is 13.3. The second-order valence-corrected chi connectivity index (χ2v) is 9.65. The highest BCUT2D eigenvalue weighted by Crippen LogP contribution is 2.24. The maximum atomic E-state index is 13.3. The van der Waals surface area contributed by atoms with Crippen LogP contribution in [-0.4, -0.2) is 47.0 Å². The third-order valence-electron chi connectivity index (χ3n) is 6.52. The van der Waals surface area contributed by atoms with Crippen LogP contribution in [-0.2, 0) is 14.4 Å². The van der Waals surface area contributed by atoms with Gasteiger partial charge in [-0.3, -0.25) is 14.4 Å². The quantitative estimate of drug-likeness (QED) is 0.159. The van der Waals surface area contributed by atoms with Crippen molar-refractivity contribution in [3.8, 4) is 11.1 Å². The highest BCUT2D eigenvalue weighted by atomic mass is 16.4. The smallest absolute Gasteiger partial charge is 0.305 e. The molecule has 0 aliphatic rings. The van der Waals surface area contributed by atoms with Crippen LogP contribution in [0.5, 0.6) is 0 Å². The molecule has 0 bridgehead atoms. The minimum Gasteiger partial charge on any atom is -0.481 e. The van der Waals surface area contributed by atoms with Crippen LogP contribution in [0.3, 0.4) is 0 Å². The van der Waals surface area contributed by atoms with Gasteiger partial charge in [0.15, 0.2) is 0 Å². The van der Waals surface area contributed by atoms with E-state index in [-0.39, 0.29) is 18.7 Å². The summed E-state index contributed by atoms with van der Waals surface area (Å²) in [5, 5.41) is 18.4. The Kier molecular flexibility index (Phi) is 12.6. The predicted octanol–water partition coefficient (Wildman–Crippen LogP) is 4.28. The summed E-state index contributed by atoms with van der Waals surface area (Å²) in [6, 6.07) is 21.5. The number of carbonyl (C=O) groups is 3. The molecule has 0 saturated heterocycles. The standard InChI is InChI=1S/C31H39N5O4/c32-19-7-4-12-26(35-29(37)14-6-9-21-34-28-13-5-8-20-33-28)31(40)36-27(22-30(38)39)25-17-15-24(16-18-25)23-10-2-1-3-11-23/h1-3,5,8,10-11,13,15-18,20,26-27H,4,6-7,9,12,14,19,21-22,32H2,(H,33,34)(H,35,37)(H,36,40)(H,38,39)/t26-,27?/m0/s1. The Balaban J connectivity index is 1.58. The molecule has 1 heterocycles. The maximum Gasteiger partial charge on any atom is 0.305 e. The first kappa shape index (κ1) is 30.3. The number of rotatable bonds is 17. The van der Waals surface area contributed by atoms with Gasteiger partial charge in [-0.25, -0.2) is 4.98 Å². The molecule has 0 radical (unpaired) electrons. The van der Waals surface area contributed by atoms with Crippen molar-refractivity contribution in [3.05, 3.63) is 84.6 Å². The van der Waals surface area contributed by atoms with E-state index < -0.39 is 24.0 Å². The van der Waals surface area contributed by atoms with E-state index in [1.807, 2.05) is 72.8 Å². The van der Waals surface area contributed by atoms with Crippen LogP contribution in [0.1, 0.15) is 56.6 Å². The Labute approximate surface area is 235 Å². The van der Waals surface area contributed by atoms with Crippen LogP contribution >= 0.6 is 0 Å². The van der Waals surface area contributed by atoms with Crippen molar-refractivity contribution >= 4 is 23.6 Å². The molecule has 9 heteroatoms. The molecule has 1 unspecified atom stereocenters. The molecule has 6 N–H and O–H groups in total. The number of carboxylic acid groups (broad SMARTS) is 1. The lowest BCUT2D eigenvalue weighted by Crippen LogP contribution is -2.48. The summed E-state index contributed by atoms with van der Waals surface area (Å²) in [4.78, 5) is 41.8. The van der Waals surface area contributed by atoms with Crippen molar-refractivity contribution < 1.29 is 19.5 Å². The van der Waals surface area contributed by atoms with Crippen molar-refractivity contribution in [1.29, 1.82) is 0 Å². The van der Waals surface area contributed by atoms with Gasteiger partial charge in [0.05, 0.1) is 12.5 Å². The van der Waals surface area contributed by atoms with E-state index >= 15 is 0 Å². The first-order valence-corrected chi connectivity index (χ1v) is 13.8. The summed E-state index contributed by atoms with van der Waals surface area (Å²) in [5.41, 5.74) is 8.35. The molecule has 0 aliphatic carbocycles. The van der Waals surface area contributed by atoms with Crippen LogP contribution < -0.4 is 21.7 Å². The molecule has 0 saturated carbocycles. The van der Waals surface area contributed by atoms with E-state index in [1.165, 1.54) is 0 Å². The summed E-state index contributed by atoms with van der Waals surface area (Å²) < 4.78 is 0. The lowest BCUT2D eigenvalue weighted by atomic mass is 9.98. The van der Waals surface area contributed by atoms with Gasteiger partial charge < -0.3 is 26.8 Å². The van der Waals surface area contributed by atoms with Crippen molar-refractivity contribution in [2.75, 3.05) is 18.4 Å². The fourth-order valence-corrected chi connectivity index (χ4v) is 4.36. The number of nitrogens with two attached hydrogens (primary N) is 1. The molecule has 40 heavy (non-hydrogen) atoms. The molecule has 2 amide bonds. The van der Waals surface area contributed by atoms with Gasteiger partial charge in [0.2, 0.25) is 11.8 Å². The van der Waals surface area contributed by atoms with Crippen LogP contribution in [0.25, 0.3) is 11.1 Å². The number of pyridine rings is 1. The number of unbranched alkanes of at least 4 members (excludes halogenated alkanes) is 2. The van der Waals surface area contributed by atoms with E-state index in [0.717, 1.165) is 29.8 Å². The van der Waals surface area contributed by atoms with Crippen molar-refractivity contribution in [2.24, 2.45) is 5.73 Å². The molecule has 2 aromatic carbocycles. The van der Waals surface area contributed by atoms with E-state index in [0.29, 0.717) is 37.9 Å². The average Bonchev–Trinajstić information content (AvgIpc) is 2.97. The molecule has 0 fully saturated rings. The van der Waals surface area contributed by atoms with Gasteiger partial charge in [-0.05, 0) is 67.5 Å². The summed E-state index contributed by atoms with van der Waals surface area (Å²) in [7, 11) is 0. The van der Waals surface area contributed by atoms with E-state index in [4.69, 9.17) is 5.73 Å². The van der Waals surface area contributed by atoms with Gasteiger partial charge in [0.1, 0.15) is 11.9 Å². The molecule has 9 nitrogen and oxygen atoms in total. The minimum atomic E-state index is -1.03. The fourth-order valence-electron chi connectivity index (χ4n) is 4.36. The predicted molar refractivity (Wildman–Crippen MR) is 156 cm³/mol. The number of aromatic nitrogens is 1. The topological polar surface area (TPSA) is 146 Å². The van der Waals surface area contributed by atoms with Crippen LogP contribution in [0, 0.1) is 0 Å². The number of anilines is 1. The number of nitrogens with zero attached hydrogens (tertiary/aromatic N) is 1. The normalized spacial score (nSPS) is 12.2. The van der Waals surface area contributed by atoms with Crippen molar-refractivity contribution in [2.45, 2.75) is 57.0 Å². The number of amides is 2. The van der Waals surface area contributed by atoms with Gasteiger partial charge in [0.25, 0.3) is 0 Å². The molecule has 1 aromatic heterocycles. The SMILES string of the molecule is NCCCC[C@H](NC(=O)CCCCNc1ccccn1)C(=O)NC(CC(=O)O)c1ccc(-c2ccccc2)cc1. The number of aliphatic carboxylic acids is 1. The zero-order valence-corrected chi connectivity index (χ0v) is 22.7. The zero-order valence-electron chi connectivity index (χ0n) is 22.7. The number of benzene rings is 2. The number of carboxylic acids is 1. The Morgan fingerprint density at radius 1 is 0.825 bits per heavy atom. The number of hydrogen-bond donors (Lipinski definition) is 5. The second-order valence-electron chi connectivity index (χ2n) is 9.65. The molecule has 3 aromatic rings. The first-order valence-electron chi connectivity index (χ1n) is 13.8. The van der Waals surface area contributed by atoms with E-state index in [2.05, 4.69) is 20.9 Å². The lowest BCUT2D eigenvalue weighted by Gasteiger charge is -2.23. The Morgan fingerprint density at radius 3 is 2.23 bits per heavy atom. The molecule has 0 aliphatic heterocycles. The zero-order chi connectivity index (χ0) is 28.6. The second kappa shape index (κ2) is 16.7. The molecule has 3 rings (SSSR count). The van der Waals surface area contributed by atoms with Crippen molar-refractivity contribution in [1.82, 2.24) is 15.6 Å². The molecular weight excluding hydrogens is 506 g/mol. The van der Waals surface area contributed by atoms with Gasteiger partial charge in [0, 0.05) is 19.2 Å². The Morgan fingerprint density at radius 2 is 1.55 bits per heavy atom. The highest BCUT2D eigenvalue weighted by Gasteiger charge is 2.25. The van der Waals surface area contributed by atoms with Crippen molar-refractivity contribution in [3.63, 3.8) is 0 Å².